The number of carbonyl (C=O) groups excluding carboxylic acids is 1. The molecule has 1 amide bonds. The van der Waals surface area contributed by atoms with Gasteiger partial charge in [0.25, 0.3) is 5.91 Å². The fraction of sp³-hybridized carbons (Fsp3) is 0.167. The fourth-order valence-electron chi connectivity index (χ4n) is 1.68. The Morgan fingerprint density at radius 1 is 1.30 bits per heavy atom. The van der Waals surface area contributed by atoms with Crippen LogP contribution in [0.25, 0.3) is 10.9 Å². The molecule has 1 heterocycles. The minimum atomic E-state index is -1.62. The molecule has 8 heteroatoms. The summed E-state index contributed by atoms with van der Waals surface area (Å²) in [7, 11) is 0. The minimum Gasteiger partial charge on any atom is -0.479 e. The normalized spacial score (nSPS) is 12.3. The second-order valence-corrected chi connectivity index (χ2v) is 5.79. The lowest BCUT2D eigenvalue weighted by molar-refractivity contribution is -0.146. The summed E-state index contributed by atoms with van der Waals surface area (Å²) in [6.07, 6.45) is -0.0866. The predicted molar refractivity (Wildman–Crippen MR) is 79.7 cm³/mol. The van der Waals surface area contributed by atoms with Crippen molar-refractivity contribution in [1.29, 1.82) is 0 Å². The highest BCUT2D eigenvalue weighted by Crippen LogP contribution is 2.29. The smallest absolute Gasteiger partial charge is 0.334 e. The van der Waals surface area contributed by atoms with Gasteiger partial charge in [-0.15, -0.1) is 0 Å². The lowest BCUT2D eigenvalue weighted by atomic mass is 10.1. The number of H-pyrrole nitrogens is 1. The molecular weight excluding hydrogens is 396 g/mol. The van der Waals surface area contributed by atoms with E-state index in [2.05, 4.69) is 42.2 Å². The number of hydrogen-bond acceptors (Lipinski definition) is 3. The lowest BCUT2D eigenvalue weighted by Crippen LogP contribution is -2.36. The molecule has 0 aliphatic carbocycles. The van der Waals surface area contributed by atoms with E-state index in [0.29, 0.717) is 10.9 Å². The highest BCUT2D eigenvalue weighted by atomic mass is 79.9. The molecule has 0 saturated carbocycles. The number of aliphatic hydroxyl groups excluding tert-OH is 1. The Balaban J connectivity index is 2.22. The molecule has 0 radical (unpaired) electrons. The van der Waals surface area contributed by atoms with Crippen LogP contribution in [0.5, 0.6) is 0 Å². The van der Waals surface area contributed by atoms with Crippen LogP contribution >= 0.6 is 31.9 Å². The van der Waals surface area contributed by atoms with E-state index in [1.807, 2.05) is 6.07 Å². The standard InChI is InChI=1S/C12H10Br2N2O4/c13-7-1-5-6(3-15-9(5)2-8(7)14)11(18)16-4-10(17)12(19)20/h1-3,10,15,17H,4H2,(H,16,18)(H,19,20)/t10-/m0/s1. The second-order valence-electron chi connectivity index (χ2n) is 4.08. The number of carboxylic acid groups (broad SMARTS) is 1. The number of nitrogens with one attached hydrogen (secondary N) is 2. The molecule has 2 rings (SSSR count). The van der Waals surface area contributed by atoms with Crippen LogP contribution in [0.2, 0.25) is 0 Å². The molecule has 0 bridgehead atoms. The van der Waals surface area contributed by atoms with Crippen molar-refractivity contribution < 1.29 is 19.8 Å². The zero-order valence-corrected chi connectivity index (χ0v) is 13.2. The fourth-order valence-corrected chi connectivity index (χ4v) is 2.36. The molecular formula is C12H10Br2N2O4. The summed E-state index contributed by atoms with van der Waals surface area (Å²) in [6, 6.07) is 3.60. The van der Waals surface area contributed by atoms with Gasteiger partial charge < -0.3 is 20.5 Å². The van der Waals surface area contributed by atoms with Crippen molar-refractivity contribution in [3.05, 3.63) is 32.8 Å². The molecule has 0 unspecified atom stereocenters. The van der Waals surface area contributed by atoms with Gasteiger partial charge in [0.05, 0.1) is 12.1 Å². The van der Waals surface area contributed by atoms with Gasteiger partial charge in [0.15, 0.2) is 6.10 Å². The molecule has 1 aromatic heterocycles. The van der Waals surface area contributed by atoms with Gasteiger partial charge in [-0.3, -0.25) is 4.79 Å². The van der Waals surface area contributed by atoms with E-state index in [4.69, 9.17) is 10.2 Å². The minimum absolute atomic E-state index is 0.349. The quantitative estimate of drug-likeness (QED) is 0.623. The maximum absolute atomic E-state index is 12.0. The first-order chi connectivity index (χ1) is 9.40. The van der Waals surface area contributed by atoms with E-state index in [-0.39, 0.29) is 6.54 Å². The van der Waals surface area contributed by atoms with Crippen LogP contribution in [0.4, 0.5) is 0 Å². The average Bonchev–Trinajstić information content (AvgIpc) is 2.78. The zero-order valence-electron chi connectivity index (χ0n) is 9.98. The summed E-state index contributed by atoms with van der Waals surface area (Å²) in [5, 5.41) is 20.7. The lowest BCUT2D eigenvalue weighted by Gasteiger charge is -2.07. The number of aromatic nitrogens is 1. The number of halogens is 2. The summed E-state index contributed by atoms with van der Waals surface area (Å²) in [5.41, 5.74) is 1.15. The number of amides is 1. The first-order valence-corrected chi connectivity index (χ1v) is 7.14. The number of carboxylic acids is 1. The number of aliphatic carboxylic acids is 1. The third-order valence-corrected chi connectivity index (χ3v) is 4.55. The van der Waals surface area contributed by atoms with Crippen LogP contribution < -0.4 is 5.32 Å². The summed E-state index contributed by atoms with van der Waals surface area (Å²) in [5.74, 6) is -1.83. The Morgan fingerprint density at radius 2 is 1.95 bits per heavy atom. The van der Waals surface area contributed by atoms with Crippen LogP contribution in [-0.4, -0.2) is 39.7 Å². The van der Waals surface area contributed by atoms with E-state index in [1.54, 1.807) is 6.07 Å². The molecule has 0 aliphatic rings. The molecule has 1 atom stereocenters. The van der Waals surface area contributed by atoms with Crippen molar-refractivity contribution in [2.24, 2.45) is 0 Å². The number of benzene rings is 1. The Morgan fingerprint density at radius 3 is 2.60 bits per heavy atom. The number of carbonyl (C=O) groups is 2. The zero-order chi connectivity index (χ0) is 14.9. The molecule has 4 N–H and O–H groups in total. The van der Waals surface area contributed by atoms with E-state index in [0.717, 1.165) is 14.5 Å². The first-order valence-electron chi connectivity index (χ1n) is 5.55. The summed E-state index contributed by atoms with van der Waals surface area (Å²) < 4.78 is 1.64. The number of hydrogen-bond donors (Lipinski definition) is 4. The summed E-state index contributed by atoms with van der Waals surface area (Å²) in [4.78, 5) is 25.4. The number of rotatable bonds is 4. The second kappa shape index (κ2) is 5.94. The summed E-state index contributed by atoms with van der Waals surface area (Å²) >= 11 is 6.72. The molecule has 0 aliphatic heterocycles. The van der Waals surface area contributed by atoms with Gasteiger partial charge in [-0.2, -0.15) is 0 Å². The first kappa shape index (κ1) is 15.0. The van der Waals surface area contributed by atoms with Gasteiger partial charge in [0.2, 0.25) is 0 Å². The predicted octanol–water partition coefficient (Wildman–Crippen LogP) is 1.87. The van der Waals surface area contributed by atoms with Crippen molar-refractivity contribution in [2.45, 2.75) is 6.10 Å². The number of aliphatic hydroxyl groups is 1. The average molecular weight is 406 g/mol. The van der Waals surface area contributed by atoms with Crippen LogP contribution in [0, 0.1) is 0 Å². The van der Waals surface area contributed by atoms with Crippen molar-refractivity contribution in [3.63, 3.8) is 0 Å². The van der Waals surface area contributed by atoms with Gasteiger partial charge in [-0.05, 0) is 44.0 Å². The Hall–Kier alpha value is -1.38. The van der Waals surface area contributed by atoms with Crippen LogP contribution in [0.1, 0.15) is 10.4 Å². The highest BCUT2D eigenvalue weighted by molar-refractivity contribution is 9.13. The van der Waals surface area contributed by atoms with E-state index in [1.165, 1.54) is 6.20 Å². The maximum atomic E-state index is 12.0. The molecule has 0 spiro atoms. The molecule has 1 aromatic carbocycles. The largest absolute Gasteiger partial charge is 0.479 e. The molecule has 106 valence electrons. The Kier molecular flexibility index (Phi) is 4.46. The molecule has 20 heavy (non-hydrogen) atoms. The van der Waals surface area contributed by atoms with Crippen molar-refractivity contribution in [3.8, 4) is 0 Å². The van der Waals surface area contributed by atoms with Gasteiger partial charge >= 0.3 is 5.97 Å². The summed E-state index contributed by atoms with van der Waals surface area (Å²) in [6.45, 7) is -0.349. The van der Waals surface area contributed by atoms with Gasteiger partial charge in [-0.25, -0.2) is 4.79 Å². The Bertz CT molecular complexity index is 683. The van der Waals surface area contributed by atoms with Crippen LogP contribution in [0.3, 0.4) is 0 Å². The third kappa shape index (κ3) is 3.02. The van der Waals surface area contributed by atoms with Crippen molar-refractivity contribution in [1.82, 2.24) is 10.3 Å². The van der Waals surface area contributed by atoms with E-state index < -0.39 is 18.0 Å². The molecule has 0 saturated heterocycles. The topological polar surface area (TPSA) is 102 Å². The molecule has 6 nitrogen and oxygen atoms in total. The number of fused-ring (bicyclic) bond motifs is 1. The Labute approximate surface area is 130 Å². The number of aromatic amines is 1. The van der Waals surface area contributed by atoms with Crippen molar-refractivity contribution in [2.75, 3.05) is 6.54 Å². The van der Waals surface area contributed by atoms with Gasteiger partial charge in [-0.1, -0.05) is 0 Å². The third-order valence-electron chi connectivity index (χ3n) is 2.71. The molecule has 2 aromatic rings. The van der Waals surface area contributed by atoms with E-state index >= 15 is 0 Å². The monoisotopic (exact) mass is 404 g/mol. The van der Waals surface area contributed by atoms with E-state index in [9.17, 15) is 9.59 Å². The highest BCUT2D eigenvalue weighted by Gasteiger charge is 2.17. The van der Waals surface area contributed by atoms with Crippen LogP contribution in [-0.2, 0) is 4.79 Å². The van der Waals surface area contributed by atoms with Gasteiger partial charge in [0.1, 0.15) is 0 Å². The van der Waals surface area contributed by atoms with Crippen LogP contribution in [0.15, 0.2) is 27.3 Å². The maximum Gasteiger partial charge on any atom is 0.334 e. The SMILES string of the molecule is O=C(NC[C@H](O)C(=O)O)c1c[nH]c2cc(Br)c(Br)cc12. The van der Waals surface area contributed by atoms with Crippen molar-refractivity contribution >= 4 is 54.6 Å². The van der Waals surface area contributed by atoms with Gasteiger partial charge in [0, 0.05) is 26.0 Å². The molecule has 0 fully saturated rings.